The van der Waals surface area contributed by atoms with Crippen LogP contribution < -0.4 is 11.5 Å². The summed E-state index contributed by atoms with van der Waals surface area (Å²) in [4.78, 5) is 14.9. The molecule has 1 aliphatic heterocycles. The van der Waals surface area contributed by atoms with Gasteiger partial charge >= 0.3 is 0 Å². The molecule has 2 aromatic rings. The number of nitrogens with zero attached hydrogens (tertiary/aromatic N) is 1. The van der Waals surface area contributed by atoms with Crippen molar-refractivity contribution in [1.82, 2.24) is 4.90 Å². The molecule has 0 radical (unpaired) electrons. The molecule has 0 aliphatic carbocycles. The SMILES string of the molecule is NCCC[C@@H](N)C(=O)N1CCCC(c2ccccc2)(c2ccccc2)C1. The Balaban J connectivity index is 1.92. The molecule has 0 unspecified atom stereocenters. The van der Waals surface area contributed by atoms with Crippen LogP contribution in [0.5, 0.6) is 0 Å². The van der Waals surface area contributed by atoms with Gasteiger partial charge in [-0.25, -0.2) is 0 Å². The van der Waals surface area contributed by atoms with Gasteiger partial charge < -0.3 is 16.4 Å². The van der Waals surface area contributed by atoms with Crippen LogP contribution in [0, 0.1) is 0 Å². The minimum absolute atomic E-state index is 0.0504. The fourth-order valence-corrected chi connectivity index (χ4v) is 4.09. The van der Waals surface area contributed by atoms with Gasteiger partial charge in [0.1, 0.15) is 0 Å². The van der Waals surface area contributed by atoms with Crippen molar-refractivity contribution in [3.05, 3.63) is 71.8 Å². The number of carbonyl (C=O) groups is 1. The van der Waals surface area contributed by atoms with E-state index in [1.54, 1.807) is 0 Å². The first-order valence-corrected chi connectivity index (χ1v) is 9.53. The second kappa shape index (κ2) is 8.47. The molecular formula is C22H29N3O. The predicted octanol–water partition coefficient (Wildman–Crippen LogP) is 2.66. The van der Waals surface area contributed by atoms with Gasteiger partial charge in [0.2, 0.25) is 5.91 Å². The number of piperidine rings is 1. The Labute approximate surface area is 156 Å². The maximum Gasteiger partial charge on any atom is 0.239 e. The van der Waals surface area contributed by atoms with Crippen LogP contribution in [-0.4, -0.2) is 36.5 Å². The summed E-state index contributed by atoms with van der Waals surface area (Å²) < 4.78 is 0. The summed E-state index contributed by atoms with van der Waals surface area (Å²) in [6, 6.07) is 20.6. The zero-order valence-corrected chi connectivity index (χ0v) is 15.3. The first-order valence-electron chi connectivity index (χ1n) is 9.53. The second-order valence-electron chi connectivity index (χ2n) is 7.21. The zero-order valence-electron chi connectivity index (χ0n) is 15.3. The molecule has 1 amide bonds. The fraction of sp³-hybridized carbons (Fsp3) is 0.409. The van der Waals surface area contributed by atoms with E-state index < -0.39 is 6.04 Å². The lowest BCUT2D eigenvalue weighted by Crippen LogP contribution is -2.53. The van der Waals surface area contributed by atoms with Gasteiger partial charge in [0.15, 0.2) is 0 Å². The number of hydrogen-bond donors (Lipinski definition) is 2. The molecule has 0 bridgehead atoms. The number of carbonyl (C=O) groups excluding carboxylic acids is 1. The highest BCUT2D eigenvalue weighted by Gasteiger charge is 2.40. The van der Waals surface area contributed by atoms with Crippen molar-refractivity contribution in [2.24, 2.45) is 11.5 Å². The highest BCUT2D eigenvalue weighted by atomic mass is 16.2. The van der Waals surface area contributed by atoms with Crippen LogP contribution in [0.25, 0.3) is 0 Å². The standard InChI is InChI=1S/C22H29N3O/c23-15-7-13-20(24)21(26)25-16-8-14-22(17-25,18-9-3-1-4-10-18)19-11-5-2-6-12-19/h1-6,9-12,20H,7-8,13-17,23-24H2/t20-/m1/s1. The predicted molar refractivity (Wildman–Crippen MR) is 106 cm³/mol. The topological polar surface area (TPSA) is 72.3 Å². The van der Waals surface area contributed by atoms with Crippen LogP contribution in [0.15, 0.2) is 60.7 Å². The van der Waals surface area contributed by atoms with Gasteiger partial charge in [-0.3, -0.25) is 4.79 Å². The van der Waals surface area contributed by atoms with Crippen molar-refractivity contribution in [1.29, 1.82) is 0 Å². The molecule has 26 heavy (non-hydrogen) atoms. The Morgan fingerprint density at radius 1 is 1.04 bits per heavy atom. The average Bonchev–Trinajstić information content (AvgIpc) is 2.72. The fourth-order valence-electron chi connectivity index (χ4n) is 4.09. The molecule has 4 nitrogen and oxygen atoms in total. The van der Waals surface area contributed by atoms with Gasteiger partial charge in [-0.05, 0) is 43.4 Å². The van der Waals surface area contributed by atoms with Crippen LogP contribution in [0.1, 0.15) is 36.8 Å². The molecule has 0 aromatic heterocycles. The molecule has 2 aromatic carbocycles. The number of likely N-dealkylation sites (tertiary alicyclic amines) is 1. The largest absolute Gasteiger partial charge is 0.340 e. The molecule has 0 saturated carbocycles. The van der Waals surface area contributed by atoms with Crippen molar-refractivity contribution in [2.75, 3.05) is 19.6 Å². The van der Waals surface area contributed by atoms with E-state index in [4.69, 9.17) is 11.5 Å². The van der Waals surface area contributed by atoms with Crippen LogP contribution in [0.3, 0.4) is 0 Å². The van der Waals surface area contributed by atoms with E-state index in [1.807, 2.05) is 17.0 Å². The Bertz CT molecular complexity index is 662. The smallest absolute Gasteiger partial charge is 0.239 e. The Hall–Kier alpha value is -2.17. The Morgan fingerprint density at radius 2 is 1.62 bits per heavy atom. The summed E-state index contributed by atoms with van der Waals surface area (Å²) in [7, 11) is 0. The molecule has 4 heteroatoms. The molecule has 1 saturated heterocycles. The number of rotatable bonds is 6. The van der Waals surface area contributed by atoms with Gasteiger partial charge in [-0.15, -0.1) is 0 Å². The van der Waals surface area contributed by atoms with E-state index in [-0.39, 0.29) is 11.3 Å². The summed E-state index contributed by atoms with van der Waals surface area (Å²) in [5.41, 5.74) is 14.1. The van der Waals surface area contributed by atoms with Gasteiger partial charge in [-0.1, -0.05) is 60.7 Å². The minimum Gasteiger partial charge on any atom is -0.340 e. The lowest BCUT2D eigenvalue weighted by Gasteiger charge is -2.44. The van der Waals surface area contributed by atoms with Crippen LogP contribution in [0.2, 0.25) is 0 Å². The molecule has 0 spiro atoms. The summed E-state index contributed by atoms with van der Waals surface area (Å²) in [6.07, 6.45) is 3.43. The number of nitrogens with two attached hydrogens (primary N) is 2. The van der Waals surface area contributed by atoms with Crippen LogP contribution in [0.4, 0.5) is 0 Å². The molecule has 1 atom stereocenters. The van der Waals surface area contributed by atoms with Crippen molar-refractivity contribution >= 4 is 5.91 Å². The molecule has 1 heterocycles. The van der Waals surface area contributed by atoms with E-state index in [0.29, 0.717) is 19.5 Å². The summed E-state index contributed by atoms with van der Waals surface area (Å²) >= 11 is 0. The first kappa shape index (κ1) is 18.6. The molecule has 138 valence electrons. The minimum atomic E-state index is -0.458. The lowest BCUT2D eigenvalue weighted by molar-refractivity contribution is -0.134. The molecular weight excluding hydrogens is 322 g/mol. The van der Waals surface area contributed by atoms with E-state index in [9.17, 15) is 4.79 Å². The molecule has 4 N–H and O–H groups in total. The monoisotopic (exact) mass is 351 g/mol. The summed E-state index contributed by atoms with van der Waals surface area (Å²) in [5, 5.41) is 0. The van der Waals surface area contributed by atoms with Crippen LogP contribution in [-0.2, 0) is 10.2 Å². The van der Waals surface area contributed by atoms with E-state index in [1.165, 1.54) is 11.1 Å². The maximum atomic E-state index is 12.9. The molecule has 1 fully saturated rings. The van der Waals surface area contributed by atoms with Crippen LogP contribution >= 0.6 is 0 Å². The third-order valence-corrected chi connectivity index (χ3v) is 5.49. The quantitative estimate of drug-likeness (QED) is 0.840. The van der Waals surface area contributed by atoms with Crippen molar-refractivity contribution in [3.8, 4) is 0 Å². The number of amides is 1. The van der Waals surface area contributed by atoms with E-state index in [2.05, 4.69) is 48.5 Å². The number of hydrogen-bond acceptors (Lipinski definition) is 3. The van der Waals surface area contributed by atoms with Gasteiger partial charge in [-0.2, -0.15) is 0 Å². The van der Waals surface area contributed by atoms with E-state index >= 15 is 0 Å². The highest BCUT2D eigenvalue weighted by molar-refractivity contribution is 5.82. The van der Waals surface area contributed by atoms with Gasteiger partial charge in [0.25, 0.3) is 0 Å². The third-order valence-electron chi connectivity index (χ3n) is 5.49. The van der Waals surface area contributed by atoms with Gasteiger partial charge in [0, 0.05) is 18.5 Å². The molecule has 1 aliphatic rings. The Kier molecular flexibility index (Phi) is 6.07. The second-order valence-corrected chi connectivity index (χ2v) is 7.21. The third kappa shape index (κ3) is 3.81. The normalized spacial score (nSPS) is 17.7. The summed E-state index contributed by atoms with van der Waals surface area (Å²) in [6.45, 7) is 2.02. The molecule has 3 rings (SSSR count). The summed E-state index contributed by atoms with van der Waals surface area (Å²) in [5.74, 6) is 0.0504. The lowest BCUT2D eigenvalue weighted by atomic mass is 9.69. The van der Waals surface area contributed by atoms with Crippen molar-refractivity contribution in [3.63, 3.8) is 0 Å². The Morgan fingerprint density at radius 3 is 2.15 bits per heavy atom. The van der Waals surface area contributed by atoms with E-state index in [0.717, 1.165) is 25.8 Å². The van der Waals surface area contributed by atoms with Crippen molar-refractivity contribution < 1.29 is 4.79 Å². The average molecular weight is 351 g/mol. The number of benzene rings is 2. The zero-order chi connectivity index (χ0) is 18.4. The van der Waals surface area contributed by atoms with Gasteiger partial charge in [0.05, 0.1) is 6.04 Å². The van der Waals surface area contributed by atoms with Crippen molar-refractivity contribution in [2.45, 2.75) is 37.1 Å². The highest BCUT2D eigenvalue weighted by Crippen LogP contribution is 2.40. The first-order chi connectivity index (χ1) is 12.7. The maximum absolute atomic E-state index is 12.9.